The van der Waals surface area contributed by atoms with Crippen LogP contribution in [0.4, 0.5) is 0 Å². The van der Waals surface area contributed by atoms with E-state index in [2.05, 4.69) is 21.4 Å². The van der Waals surface area contributed by atoms with E-state index in [0.717, 1.165) is 29.8 Å². The molecular weight excluding hydrogens is 448 g/mol. The van der Waals surface area contributed by atoms with Gasteiger partial charge in [0.1, 0.15) is 0 Å². The van der Waals surface area contributed by atoms with Gasteiger partial charge in [-0.05, 0) is 0 Å². The fourth-order valence-electron chi connectivity index (χ4n) is 3.57. The molecule has 0 bridgehead atoms. The minimum absolute atomic E-state index is 0.108. The molecular formula is C20H19Cl2N3OSe. The molecule has 2 aromatic heterocycles. The SMILES string of the molecule is Cc1c(C(=O)NC2CCCC2)nn(-c2ccc(Cl)cc2Cl)c1-c1ccc[se]1. The van der Waals surface area contributed by atoms with Gasteiger partial charge in [0.2, 0.25) is 0 Å². The summed E-state index contributed by atoms with van der Waals surface area (Å²) in [5, 5.41) is 8.90. The van der Waals surface area contributed by atoms with Crippen molar-refractivity contribution in [2.24, 2.45) is 0 Å². The van der Waals surface area contributed by atoms with Gasteiger partial charge < -0.3 is 0 Å². The van der Waals surface area contributed by atoms with Crippen molar-refractivity contribution in [1.29, 1.82) is 0 Å². The Labute approximate surface area is 174 Å². The van der Waals surface area contributed by atoms with E-state index in [0.29, 0.717) is 15.7 Å². The summed E-state index contributed by atoms with van der Waals surface area (Å²) in [4.78, 5) is 15.1. The van der Waals surface area contributed by atoms with Gasteiger partial charge in [-0.3, -0.25) is 0 Å². The second-order valence-electron chi connectivity index (χ2n) is 6.76. The Bertz CT molecular complexity index is 976. The first-order chi connectivity index (χ1) is 13.0. The summed E-state index contributed by atoms with van der Waals surface area (Å²) in [6.45, 7) is 1.96. The van der Waals surface area contributed by atoms with Gasteiger partial charge in [0.05, 0.1) is 0 Å². The molecule has 3 aromatic rings. The van der Waals surface area contributed by atoms with Gasteiger partial charge in [0.15, 0.2) is 0 Å². The molecule has 1 saturated carbocycles. The first kappa shape index (κ1) is 18.8. The summed E-state index contributed by atoms with van der Waals surface area (Å²) in [7, 11) is 0. The zero-order valence-electron chi connectivity index (χ0n) is 14.8. The Morgan fingerprint density at radius 1 is 1.26 bits per heavy atom. The number of nitrogens with zero attached hydrogens (tertiary/aromatic N) is 2. The Hall–Kier alpha value is -1.52. The van der Waals surface area contributed by atoms with E-state index in [-0.39, 0.29) is 26.5 Å². The van der Waals surface area contributed by atoms with Gasteiger partial charge >= 0.3 is 175 Å². The van der Waals surface area contributed by atoms with Crippen LogP contribution in [0.3, 0.4) is 0 Å². The number of amides is 1. The molecule has 7 heteroatoms. The second kappa shape index (κ2) is 7.84. The zero-order valence-corrected chi connectivity index (χ0v) is 18.1. The number of hydrogen-bond donors (Lipinski definition) is 1. The van der Waals surface area contributed by atoms with Crippen molar-refractivity contribution in [1.82, 2.24) is 15.1 Å². The van der Waals surface area contributed by atoms with Crippen LogP contribution in [-0.4, -0.2) is 36.2 Å². The van der Waals surface area contributed by atoms with Crippen LogP contribution < -0.4 is 5.32 Å². The van der Waals surface area contributed by atoms with Crippen molar-refractivity contribution in [3.8, 4) is 15.8 Å². The van der Waals surface area contributed by atoms with Crippen LogP contribution in [0, 0.1) is 6.92 Å². The van der Waals surface area contributed by atoms with Crippen molar-refractivity contribution < 1.29 is 4.79 Å². The first-order valence-electron chi connectivity index (χ1n) is 8.94. The Balaban J connectivity index is 1.81. The molecule has 140 valence electrons. The molecule has 0 spiro atoms. The molecule has 2 heterocycles. The molecule has 0 saturated heterocycles. The van der Waals surface area contributed by atoms with Crippen LogP contribution >= 0.6 is 23.2 Å². The average Bonchev–Trinajstić information content (AvgIpc) is 3.36. The molecule has 0 unspecified atom stereocenters. The molecule has 4 rings (SSSR count). The number of benzene rings is 1. The summed E-state index contributed by atoms with van der Waals surface area (Å²) in [6.07, 6.45) is 4.43. The monoisotopic (exact) mass is 467 g/mol. The number of nitrogens with one attached hydrogen (secondary N) is 1. The number of aromatic nitrogens is 2. The molecule has 27 heavy (non-hydrogen) atoms. The van der Waals surface area contributed by atoms with Gasteiger partial charge in [-0.15, -0.1) is 0 Å². The summed E-state index contributed by atoms with van der Waals surface area (Å²) >= 11 is 12.7. The topological polar surface area (TPSA) is 46.9 Å². The molecule has 1 N–H and O–H groups in total. The van der Waals surface area contributed by atoms with Crippen molar-refractivity contribution in [2.45, 2.75) is 38.6 Å². The van der Waals surface area contributed by atoms with Crippen LogP contribution in [0.5, 0.6) is 0 Å². The van der Waals surface area contributed by atoms with Crippen LogP contribution in [0.15, 0.2) is 35.3 Å². The normalized spacial score (nSPS) is 14.6. The summed E-state index contributed by atoms with van der Waals surface area (Å²) in [5.74, 6) is -0.108. The molecule has 1 aromatic carbocycles. The molecule has 1 amide bonds. The fraction of sp³-hybridized carbons (Fsp3) is 0.300. The number of hydrogen-bond acceptors (Lipinski definition) is 2. The van der Waals surface area contributed by atoms with Crippen LogP contribution in [0.2, 0.25) is 10.0 Å². The van der Waals surface area contributed by atoms with E-state index >= 15 is 0 Å². The van der Waals surface area contributed by atoms with Crippen molar-refractivity contribution >= 4 is 43.6 Å². The van der Waals surface area contributed by atoms with Crippen molar-refractivity contribution in [3.63, 3.8) is 0 Å². The maximum atomic E-state index is 12.9. The Morgan fingerprint density at radius 3 is 2.70 bits per heavy atom. The predicted octanol–water partition coefficient (Wildman–Crippen LogP) is 4.88. The van der Waals surface area contributed by atoms with Gasteiger partial charge in [0, 0.05) is 0 Å². The predicted molar refractivity (Wildman–Crippen MR) is 110 cm³/mol. The summed E-state index contributed by atoms with van der Waals surface area (Å²) in [6, 6.07) is 9.71. The third kappa shape index (κ3) is 3.74. The molecule has 4 nitrogen and oxygen atoms in total. The first-order valence-corrected chi connectivity index (χ1v) is 11.5. The van der Waals surface area contributed by atoms with E-state index in [9.17, 15) is 4.79 Å². The third-order valence-corrected chi connectivity index (χ3v) is 7.30. The van der Waals surface area contributed by atoms with Gasteiger partial charge in [-0.25, -0.2) is 0 Å². The molecule has 0 aliphatic heterocycles. The number of rotatable bonds is 4. The van der Waals surface area contributed by atoms with Gasteiger partial charge in [-0.2, -0.15) is 0 Å². The molecule has 1 aliphatic rings. The van der Waals surface area contributed by atoms with Crippen molar-refractivity contribution in [3.05, 3.63) is 56.6 Å². The summed E-state index contributed by atoms with van der Waals surface area (Å²) < 4.78 is 2.97. The van der Waals surface area contributed by atoms with E-state index in [1.54, 1.807) is 16.8 Å². The summed E-state index contributed by atoms with van der Waals surface area (Å²) in [5.41, 5.74) is 3.02. The number of halogens is 2. The van der Waals surface area contributed by atoms with Crippen molar-refractivity contribution in [2.75, 3.05) is 0 Å². The van der Waals surface area contributed by atoms with E-state index in [1.807, 2.05) is 19.1 Å². The van der Waals surface area contributed by atoms with Crippen LogP contribution in [0.1, 0.15) is 41.7 Å². The standard InChI is InChI=1S/C20H19Cl2N3OSe/c1-12-18(20(26)23-14-5-2-3-6-14)24-25(19(12)17-7-4-10-27-17)16-9-8-13(21)11-15(16)22/h4,7-11,14H,2-3,5-6H2,1H3,(H,23,26). The second-order valence-corrected chi connectivity index (χ2v) is 9.59. The molecule has 1 fully saturated rings. The van der Waals surface area contributed by atoms with E-state index in [1.165, 1.54) is 17.3 Å². The van der Waals surface area contributed by atoms with E-state index < -0.39 is 0 Å². The molecule has 0 radical (unpaired) electrons. The van der Waals surface area contributed by atoms with E-state index in [4.69, 9.17) is 23.2 Å². The minimum atomic E-state index is -0.108. The molecule has 1 aliphatic carbocycles. The average molecular weight is 467 g/mol. The number of carbonyl (C=O) groups excluding carboxylic acids is 1. The van der Waals surface area contributed by atoms with Gasteiger partial charge in [0.25, 0.3) is 0 Å². The number of carbonyl (C=O) groups is 1. The van der Waals surface area contributed by atoms with Gasteiger partial charge in [-0.1, -0.05) is 0 Å². The maximum absolute atomic E-state index is 12.9. The van der Waals surface area contributed by atoms with Crippen LogP contribution in [0.25, 0.3) is 15.8 Å². The Morgan fingerprint density at radius 2 is 2.04 bits per heavy atom. The quantitative estimate of drug-likeness (QED) is 0.556. The fourth-order valence-corrected chi connectivity index (χ4v) is 5.76. The Kier molecular flexibility index (Phi) is 5.47. The third-order valence-electron chi connectivity index (χ3n) is 4.92. The molecule has 0 atom stereocenters. The zero-order chi connectivity index (χ0) is 19.0. The van der Waals surface area contributed by atoms with Crippen LogP contribution in [-0.2, 0) is 0 Å².